The number of nitrogens with zero attached hydrogens (tertiary/aromatic N) is 1. The van der Waals surface area contributed by atoms with Gasteiger partial charge in [0, 0.05) is 24.0 Å². The minimum atomic E-state index is -1.02. The first-order chi connectivity index (χ1) is 8.04. The van der Waals surface area contributed by atoms with Crippen LogP contribution >= 0.6 is 11.6 Å². The Morgan fingerprint density at radius 1 is 1.50 bits per heavy atom. The fourth-order valence-corrected chi connectivity index (χ4v) is 1.19. The molecule has 0 fully saturated rings. The van der Waals surface area contributed by atoms with E-state index in [9.17, 15) is 14.7 Å². The third-order valence-electron chi connectivity index (χ3n) is 1.75. The molecule has 92 valence electrons. The zero-order valence-corrected chi connectivity index (χ0v) is 9.77. The molecule has 0 unspecified atom stereocenters. The number of rotatable bonds is 4. The van der Waals surface area contributed by atoms with Gasteiger partial charge in [-0.25, -0.2) is 4.79 Å². The number of hydrogen-bond acceptors (Lipinski definition) is 5. The van der Waals surface area contributed by atoms with Crippen molar-refractivity contribution in [2.75, 3.05) is 6.61 Å². The molecular weight excluding hydrogens is 253 g/mol. The quantitative estimate of drug-likeness (QED) is 0.290. The Morgan fingerprint density at radius 3 is 2.72 bits per heavy atom. The second-order valence-corrected chi connectivity index (χ2v) is 3.44. The molecule has 18 heavy (non-hydrogen) atoms. The van der Waals surface area contributed by atoms with E-state index in [4.69, 9.17) is 11.6 Å². The van der Waals surface area contributed by atoms with Crippen molar-refractivity contribution in [2.24, 2.45) is 0 Å². The van der Waals surface area contributed by atoms with Gasteiger partial charge >= 0.3 is 24.8 Å². The van der Waals surface area contributed by atoms with Gasteiger partial charge in [-0.05, 0) is 13.0 Å². The summed E-state index contributed by atoms with van der Waals surface area (Å²) in [6.07, 6.45) is 3.47. The van der Waals surface area contributed by atoms with E-state index in [0.717, 1.165) is 6.08 Å². The molecule has 1 N–H and O–H groups in total. The average Bonchev–Trinajstić information content (AvgIpc) is 2.29. The summed E-state index contributed by atoms with van der Waals surface area (Å²) < 4.78 is 4.48. The Balaban J connectivity index is 0.00000289. The van der Waals surface area contributed by atoms with Crippen molar-refractivity contribution in [1.82, 2.24) is 4.98 Å². The van der Waals surface area contributed by atoms with Gasteiger partial charge in [0.25, 0.3) is 5.78 Å². The van der Waals surface area contributed by atoms with Crippen LogP contribution in [0.4, 0.5) is 0 Å². The topological polar surface area (TPSA) is 76.5 Å². The van der Waals surface area contributed by atoms with Crippen LogP contribution in [0.15, 0.2) is 24.5 Å². The summed E-state index contributed by atoms with van der Waals surface area (Å²) in [5, 5.41) is 9.88. The number of ketones is 1. The Morgan fingerprint density at radius 2 is 2.17 bits per heavy atom. The summed E-state index contributed by atoms with van der Waals surface area (Å²) in [6.45, 7) is 1.67. The Labute approximate surface area is 121 Å². The molecule has 0 aliphatic heterocycles. The van der Waals surface area contributed by atoms with Crippen molar-refractivity contribution < 1.29 is 19.4 Å². The van der Waals surface area contributed by atoms with E-state index in [2.05, 4.69) is 9.72 Å². The molecule has 0 saturated carbocycles. The molecule has 5 nitrogen and oxygen atoms in total. The molecule has 0 saturated heterocycles. The number of hydrogen-bond donors (Lipinski definition) is 1. The van der Waals surface area contributed by atoms with E-state index in [1.165, 1.54) is 18.5 Å². The molecule has 1 aromatic rings. The molecule has 0 amide bonds. The molecule has 7 heteroatoms. The van der Waals surface area contributed by atoms with Crippen LogP contribution in [0.25, 0.3) is 5.76 Å². The van der Waals surface area contributed by atoms with Gasteiger partial charge in [-0.2, -0.15) is 0 Å². The van der Waals surface area contributed by atoms with E-state index >= 15 is 0 Å². The molecular formula is C11H11ClLiNO4. The maximum absolute atomic E-state index is 11.2. The van der Waals surface area contributed by atoms with Crippen molar-refractivity contribution in [3.8, 4) is 0 Å². The number of ether oxygens (including phenoxy) is 1. The van der Waals surface area contributed by atoms with Gasteiger partial charge in [0.05, 0.1) is 11.6 Å². The second-order valence-electron chi connectivity index (χ2n) is 3.01. The summed E-state index contributed by atoms with van der Waals surface area (Å²) in [7, 11) is 0. The van der Waals surface area contributed by atoms with Crippen LogP contribution in [-0.4, -0.2) is 47.3 Å². The SMILES string of the molecule is CCOC(=O)C(=O)C=C(O)c1cncc(Cl)c1.[LiH]. The van der Waals surface area contributed by atoms with E-state index < -0.39 is 17.5 Å². The van der Waals surface area contributed by atoms with Gasteiger partial charge in [-0.3, -0.25) is 9.78 Å². The zero-order valence-electron chi connectivity index (χ0n) is 9.01. The molecule has 1 aromatic heterocycles. The monoisotopic (exact) mass is 263 g/mol. The van der Waals surface area contributed by atoms with Crippen LogP contribution in [0.1, 0.15) is 12.5 Å². The van der Waals surface area contributed by atoms with Crippen molar-refractivity contribution in [3.63, 3.8) is 0 Å². The van der Waals surface area contributed by atoms with E-state index in [-0.39, 0.29) is 31.0 Å². The van der Waals surface area contributed by atoms with Crippen LogP contribution in [0.2, 0.25) is 5.02 Å². The predicted octanol–water partition coefficient (Wildman–Crippen LogP) is 1.12. The molecule has 0 aliphatic rings. The Hall–Kier alpha value is -1.28. The van der Waals surface area contributed by atoms with E-state index in [1.54, 1.807) is 6.92 Å². The van der Waals surface area contributed by atoms with Gasteiger partial charge < -0.3 is 9.84 Å². The van der Waals surface area contributed by atoms with Crippen LogP contribution in [0.3, 0.4) is 0 Å². The van der Waals surface area contributed by atoms with Gasteiger partial charge in [0.1, 0.15) is 5.76 Å². The third-order valence-corrected chi connectivity index (χ3v) is 1.95. The maximum atomic E-state index is 11.2. The van der Waals surface area contributed by atoms with Gasteiger partial charge in [-0.1, -0.05) is 11.6 Å². The number of esters is 1. The van der Waals surface area contributed by atoms with Gasteiger partial charge in [0.2, 0.25) is 0 Å². The second kappa shape index (κ2) is 7.93. The molecule has 0 radical (unpaired) electrons. The Kier molecular flexibility index (Phi) is 7.37. The number of aliphatic hydroxyl groups excluding tert-OH is 1. The molecule has 0 aliphatic carbocycles. The number of carbonyl (C=O) groups excluding carboxylic acids is 2. The van der Waals surface area contributed by atoms with Crippen molar-refractivity contribution in [1.29, 1.82) is 0 Å². The summed E-state index contributed by atoms with van der Waals surface area (Å²) in [4.78, 5) is 26.0. The Bertz CT molecular complexity index is 476. The molecule has 0 atom stereocenters. The van der Waals surface area contributed by atoms with Gasteiger partial charge in [0.15, 0.2) is 0 Å². The first kappa shape index (κ1) is 16.7. The van der Waals surface area contributed by atoms with Crippen LogP contribution in [0.5, 0.6) is 0 Å². The number of carbonyl (C=O) groups is 2. The van der Waals surface area contributed by atoms with E-state index in [1.807, 2.05) is 0 Å². The number of aliphatic hydroxyl groups is 1. The first-order valence-corrected chi connectivity index (χ1v) is 5.15. The molecule has 1 heterocycles. The predicted molar refractivity (Wildman–Crippen MR) is 68.6 cm³/mol. The van der Waals surface area contributed by atoms with Crippen LogP contribution < -0.4 is 0 Å². The van der Waals surface area contributed by atoms with Crippen molar-refractivity contribution in [3.05, 3.63) is 35.1 Å². The average molecular weight is 264 g/mol. The first-order valence-electron chi connectivity index (χ1n) is 4.77. The third kappa shape index (κ3) is 4.92. The van der Waals surface area contributed by atoms with Crippen molar-refractivity contribution >= 4 is 48.0 Å². The van der Waals surface area contributed by atoms with Gasteiger partial charge in [-0.15, -0.1) is 0 Å². The molecule has 0 spiro atoms. The summed E-state index contributed by atoms with van der Waals surface area (Å²) >= 11 is 5.66. The van der Waals surface area contributed by atoms with E-state index in [0.29, 0.717) is 5.02 Å². The summed E-state index contributed by atoms with van der Waals surface area (Å²) in [5.74, 6) is -2.35. The van der Waals surface area contributed by atoms with Crippen LogP contribution in [-0.2, 0) is 14.3 Å². The molecule has 0 bridgehead atoms. The minimum absolute atomic E-state index is 0. The van der Waals surface area contributed by atoms with Crippen molar-refractivity contribution in [2.45, 2.75) is 6.92 Å². The zero-order chi connectivity index (χ0) is 12.8. The number of pyridine rings is 1. The number of aromatic nitrogens is 1. The number of halogens is 1. The normalized spacial score (nSPS) is 10.4. The summed E-state index contributed by atoms with van der Waals surface area (Å²) in [6, 6.07) is 1.42. The standard InChI is InChI=1S/C11H10ClNO4.Li.H/c1-2-17-11(16)10(15)4-9(14)7-3-8(12)6-13-5-7;;/h3-6,14H,2H2,1H3;;. The molecule has 1 rings (SSSR count). The van der Waals surface area contributed by atoms with Crippen LogP contribution in [0, 0.1) is 0 Å². The fraction of sp³-hybridized carbons (Fsp3) is 0.182. The summed E-state index contributed by atoms with van der Waals surface area (Å²) in [5.41, 5.74) is 0.246. The molecule has 0 aromatic carbocycles. The fourth-order valence-electron chi connectivity index (χ4n) is 1.02.